The van der Waals surface area contributed by atoms with Crippen LogP contribution in [0.3, 0.4) is 0 Å². The van der Waals surface area contributed by atoms with E-state index in [0.717, 1.165) is 67.8 Å². The van der Waals surface area contributed by atoms with E-state index in [0.29, 0.717) is 23.7 Å². The fraction of sp³-hybridized carbons (Fsp3) is 0.348. The summed E-state index contributed by atoms with van der Waals surface area (Å²) < 4.78 is 0. The van der Waals surface area contributed by atoms with Crippen LogP contribution in [0, 0.1) is 39.9 Å². The molecule has 6 nitrogen and oxygen atoms in total. The van der Waals surface area contributed by atoms with E-state index in [9.17, 15) is 10.2 Å². The summed E-state index contributed by atoms with van der Waals surface area (Å²) >= 11 is 0. The molecule has 7 heteroatoms. The van der Waals surface area contributed by atoms with Gasteiger partial charge in [0.25, 0.3) is 0 Å². The quantitative estimate of drug-likeness (QED) is 0.204. The monoisotopic (exact) mass is 928 g/mol. The summed E-state index contributed by atoms with van der Waals surface area (Å²) in [4.78, 5) is 9.43. The van der Waals surface area contributed by atoms with Gasteiger partial charge in [0.1, 0.15) is 0 Å². The Hall–Kier alpha value is -3.78. The van der Waals surface area contributed by atoms with E-state index in [4.69, 9.17) is 20.6 Å². The molecule has 0 saturated carbocycles. The summed E-state index contributed by atoms with van der Waals surface area (Å²) in [6, 6.07) is 27.4. The normalized spacial score (nSPS) is 14.8. The van der Waals surface area contributed by atoms with Gasteiger partial charge in [-0.25, -0.2) is 0 Å². The molecule has 0 amide bonds. The van der Waals surface area contributed by atoms with Crippen molar-refractivity contribution in [1.82, 2.24) is 0 Å². The summed E-state index contributed by atoms with van der Waals surface area (Å²) in [6.07, 6.45) is 3.94. The van der Waals surface area contributed by atoms with Crippen LogP contribution >= 0.6 is 0 Å². The molecular weight excluding hydrogens is 873 g/mol. The Morgan fingerprint density at radius 1 is 0.434 bits per heavy atom. The molecule has 1 aliphatic rings. The average Bonchev–Trinajstić information content (AvgIpc) is 3.06. The minimum Gasteiger partial charge on any atom is -0.872 e. The second-order valence-corrected chi connectivity index (χ2v) is 14.4. The number of allylic oxidation sites excluding steroid dienone is 4. The summed E-state index contributed by atoms with van der Waals surface area (Å²) in [5, 5.41) is 33.1. The zero-order chi connectivity index (χ0) is 38.5. The first-order valence-corrected chi connectivity index (χ1v) is 18.3. The molecule has 5 rings (SSSR count). The third-order valence-electron chi connectivity index (χ3n) is 8.43. The fourth-order valence-electron chi connectivity index (χ4n) is 5.77. The molecule has 0 spiro atoms. The molecule has 4 aromatic carbocycles. The first-order chi connectivity index (χ1) is 24.6. The van der Waals surface area contributed by atoms with Crippen LogP contribution in [0.25, 0.3) is 10.6 Å². The van der Waals surface area contributed by atoms with Gasteiger partial charge in [-0.1, -0.05) is 176 Å². The molecular formula is C46H56N4O2Th. The van der Waals surface area contributed by atoms with Crippen LogP contribution in [0.2, 0.25) is 0 Å². The van der Waals surface area contributed by atoms with Crippen molar-refractivity contribution in [2.24, 2.45) is 9.98 Å². The van der Waals surface area contributed by atoms with Crippen LogP contribution in [-0.2, 0) is 0 Å². The van der Waals surface area contributed by atoms with E-state index in [-0.39, 0.29) is 51.4 Å². The maximum Gasteiger partial charge on any atom is 4.00 e. The van der Waals surface area contributed by atoms with Gasteiger partial charge in [-0.15, -0.1) is 22.9 Å². The van der Waals surface area contributed by atoms with Crippen molar-refractivity contribution in [2.75, 3.05) is 0 Å². The van der Waals surface area contributed by atoms with Gasteiger partial charge in [0.05, 0.1) is 0 Å². The van der Waals surface area contributed by atoms with E-state index in [1.54, 1.807) is 0 Å². The van der Waals surface area contributed by atoms with E-state index >= 15 is 0 Å². The van der Waals surface area contributed by atoms with Crippen LogP contribution in [0.1, 0.15) is 129 Å². The Morgan fingerprint density at radius 2 is 0.717 bits per heavy atom. The number of hydrogen-bond donors (Lipinski definition) is 0. The van der Waals surface area contributed by atoms with Crippen molar-refractivity contribution in [3.63, 3.8) is 0 Å². The molecule has 0 N–H and O–H groups in total. The molecule has 4 aromatic rings. The molecule has 1 aliphatic heterocycles. The van der Waals surface area contributed by atoms with Crippen LogP contribution in [0.5, 0.6) is 11.5 Å². The number of nitrogens with zero attached hydrogens (tertiary/aromatic N) is 4. The van der Waals surface area contributed by atoms with Gasteiger partial charge >= 0.3 is 39.9 Å². The van der Waals surface area contributed by atoms with Gasteiger partial charge in [0.15, 0.2) is 0 Å². The van der Waals surface area contributed by atoms with Gasteiger partial charge in [0.2, 0.25) is 0 Å². The summed E-state index contributed by atoms with van der Waals surface area (Å²) in [6.45, 7) is 24.3. The van der Waals surface area contributed by atoms with Crippen molar-refractivity contribution in [3.05, 3.63) is 141 Å². The molecule has 53 heavy (non-hydrogen) atoms. The van der Waals surface area contributed by atoms with Gasteiger partial charge in [-0.05, 0) is 49.7 Å². The largest absolute Gasteiger partial charge is 4.00 e. The van der Waals surface area contributed by atoms with Gasteiger partial charge < -0.3 is 20.8 Å². The van der Waals surface area contributed by atoms with Crippen molar-refractivity contribution in [2.45, 2.75) is 107 Å². The van der Waals surface area contributed by atoms with E-state index < -0.39 is 0 Å². The van der Waals surface area contributed by atoms with Gasteiger partial charge in [-0.2, -0.15) is 11.4 Å². The fourth-order valence-corrected chi connectivity index (χ4v) is 5.77. The topological polar surface area (TPSA) is 99.0 Å². The van der Waals surface area contributed by atoms with E-state index in [1.807, 2.05) is 125 Å². The minimum atomic E-state index is 0. The Labute approximate surface area is 351 Å². The molecule has 0 fully saturated rings. The van der Waals surface area contributed by atoms with Crippen LogP contribution in [0.15, 0.2) is 118 Å². The third kappa shape index (κ3) is 13.9. The van der Waals surface area contributed by atoms with Crippen LogP contribution in [-0.4, -0.2) is 11.4 Å². The average molecular weight is 929 g/mol. The Morgan fingerprint density at radius 3 is 1.00 bits per heavy atom. The van der Waals surface area contributed by atoms with Crippen LogP contribution in [0.4, 0.5) is 22.7 Å². The van der Waals surface area contributed by atoms with Crippen molar-refractivity contribution in [1.29, 1.82) is 0 Å². The molecule has 0 atom stereocenters. The second-order valence-electron chi connectivity index (χ2n) is 14.4. The molecule has 0 saturated heterocycles. The standard InChI is InChI=1S/C22H22N4.2C12H18O.Th/c1-15-13-16(2)24-21-11-7-8-12-22(21)26-18(4)14-17(3)25-20-10-6-5-9-19(20)23-15;2*1-8(2)10-6-5-7-11(9(3)4)12(10)13;/h5-14H,1-4H3;2*5-9,13H,1-4H3;/q-2;;;+4/p-2/b15-13-,18-14-,24-16?,25-17?;;;. The maximum atomic E-state index is 11.9. The number of fused-ring (bicyclic) bond motifs is 2. The molecule has 276 valence electrons. The first kappa shape index (κ1) is 45.4. The number of hydrogen-bond acceptors (Lipinski definition) is 4. The zero-order valence-corrected chi connectivity index (χ0v) is 37.8. The minimum absolute atomic E-state index is 0. The number of benzene rings is 4. The predicted molar refractivity (Wildman–Crippen MR) is 220 cm³/mol. The maximum absolute atomic E-state index is 11.9. The smallest absolute Gasteiger partial charge is 0.872 e. The van der Waals surface area contributed by atoms with Gasteiger partial charge in [0, 0.05) is 22.8 Å². The molecule has 0 radical (unpaired) electrons. The predicted octanol–water partition coefficient (Wildman–Crippen LogP) is 13.4. The van der Waals surface area contributed by atoms with Crippen LogP contribution < -0.4 is 10.2 Å². The summed E-state index contributed by atoms with van der Waals surface area (Å²) in [5.41, 5.74) is 10.6. The Balaban J connectivity index is 0.000000304. The third-order valence-corrected chi connectivity index (χ3v) is 8.43. The molecule has 0 bridgehead atoms. The van der Waals surface area contributed by atoms with Gasteiger partial charge in [-0.3, -0.25) is 9.98 Å². The zero-order valence-electron chi connectivity index (χ0n) is 33.7. The molecule has 0 aromatic heterocycles. The number of aliphatic imine (C=N–C) groups is 2. The second kappa shape index (κ2) is 21.8. The van der Waals surface area contributed by atoms with E-state index in [2.05, 4.69) is 55.4 Å². The number of rotatable bonds is 4. The first-order valence-electron chi connectivity index (χ1n) is 18.3. The number of para-hydroxylation sites is 6. The van der Waals surface area contributed by atoms with Crippen molar-refractivity contribution < 1.29 is 50.2 Å². The Kier molecular flexibility index (Phi) is 18.7. The molecule has 0 aliphatic carbocycles. The van der Waals surface area contributed by atoms with Crippen molar-refractivity contribution >= 4 is 34.2 Å². The summed E-state index contributed by atoms with van der Waals surface area (Å²) in [5.74, 6) is 1.76. The molecule has 0 unspecified atom stereocenters. The molecule has 1 heterocycles. The summed E-state index contributed by atoms with van der Waals surface area (Å²) in [7, 11) is 0. The van der Waals surface area contributed by atoms with Crippen molar-refractivity contribution in [3.8, 4) is 11.5 Å². The van der Waals surface area contributed by atoms with E-state index in [1.165, 1.54) is 0 Å². The SMILES string of the molecule is CC(C)c1cccc(C(C)C)c1[O-].CC(C)c1cccc(C(C)C)c1[O-].CC1=Nc2ccccc2[N-]/C(C)=C\C(C)=Nc2ccccc2[N-]/C(C)=C\1.[Th+4]. The Bertz CT molecular complexity index is 1730.